The van der Waals surface area contributed by atoms with Crippen LogP contribution in [0.5, 0.6) is 0 Å². The van der Waals surface area contributed by atoms with E-state index in [1.165, 1.54) is 18.3 Å². The second-order valence-corrected chi connectivity index (χ2v) is 8.23. The Hall–Kier alpha value is -1.55. The molecule has 24 heavy (non-hydrogen) atoms. The standard InChI is InChI=1S/C17H21F3N2OS/c1-5-22(15(23)17(18,19)20)14-12(9-21)11-7-6-10(16(2,3)4)8-13(11)24-14/h10H,5-8H2,1-4H3/t10-/m0/s1. The monoisotopic (exact) mass is 358 g/mol. The third kappa shape index (κ3) is 3.44. The number of carbonyl (C=O) groups excluding carboxylic acids is 1. The van der Waals surface area contributed by atoms with E-state index >= 15 is 0 Å². The van der Waals surface area contributed by atoms with Crippen LogP contribution >= 0.6 is 11.3 Å². The van der Waals surface area contributed by atoms with Crippen LogP contribution in [0.15, 0.2) is 0 Å². The van der Waals surface area contributed by atoms with E-state index < -0.39 is 12.1 Å². The van der Waals surface area contributed by atoms with Crippen molar-refractivity contribution in [3.05, 3.63) is 16.0 Å². The zero-order valence-electron chi connectivity index (χ0n) is 14.3. The molecule has 132 valence electrons. The van der Waals surface area contributed by atoms with Gasteiger partial charge in [0.05, 0.1) is 5.56 Å². The van der Waals surface area contributed by atoms with Gasteiger partial charge in [0.25, 0.3) is 0 Å². The number of amides is 1. The number of thiophene rings is 1. The second kappa shape index (κ2) is 6.40. The van der Waals surface area contributed by atoms with Crippen LogP contribution in [0, 0.1) is 22.7 Å². The van der Waals surface area contributed by atoms with Gasteiger partial charge in [-0.1, -0.05) is 20.8 Å². The van der Waals surface area contributed by atoms with E-state index in [1.807, 2.05) is 6.07 Å². The van der Waals surface area contributed by atoms with Crippen LogP contribution in [0.25, 0.3) is 0 Å². The van der Waals surface area contributed by atoms with E-state index in [-0.39, 0.29) is 22.5 Å². The number of carbonyl (C=O) groups is 1. The van der Waals surface area contributed by atoms with E-state index in [0.29, 0.717) is 17.2 Å². The molecule has 0 aliphatic heterocycles. The lowest BCUT2D eigenvalue weighted by molar-refractivity contribution is -0.170. The summed E-state index contributed by atoms with van der Waals surface area (Å²) in [5, 5.41) is 9.60. The number of fused-ring (bicyclic) bond motifs is 1. The van der Waals surface area contributed by atoms with Gasteiger partial charge in [0.1, 0.15) is 11.1 Å². The summed E-state index contributed by atoms with van der Waals surface area (Å²) in [7, 11) is 0. The summed E-state index contributed by atoms with van der Waals surface area (Å²) in [4.78, 5) is 13.3. The van der Waals surface area contributed by atoms with Crippen molar-refractivity contribution in [2.75, 3.05) is 11.4 Å². The van der Waals surface area contributed by atoms with Crippen molar-refractivity contribution >= 4 is 22.2 Å². The van der Waals surface area contributed by atoms with E-state index in [2.05, 4.69) is 20.8 Å². The lowest BCUT2D eigenvalue weighted by Gasteiger charge is -2.33. The largest absolute Gasteiger partial charge is 0.471 e. The molecular formula is C17H21F3N2OS. The van der Waals surface area contributed by atoms with E-state index in [0.717, 1.165) is 23.3 Å². The summed E-state index contributed by atoms with van der Waals surface area (Å²) >= 11 is 1.17. The van der Waals surface area contributed by atoms with Crippen LogP contribution in [-0.4, -0.2) is 18.6 Å². The molecule has 0 spiro atoms. The number of hydrogen-bond acceptors (Lipinski definition) is 3. The lowest BCUT2D eigenvalue weighted by atomic mass is 9.72. The van der Waals surface area contributed by atoms with Crippen LogP contribution in [0.1, 0.15) is 50.1 Å². The maximum atomic E-state index is 12.8. The zero-order chi connectivity index (χ0) is 18.3. The molecule has 1 aliphatic rings. The number of halogens is 3. The molecule has 0 aromatic carbocycles. The summed E-state index contributed by atoms with van der Waals surface area (Å²) in [5.74, 6) is -1.50. The van der Waals surface area contributed by atoms with Crippen molar-refractivity contribution in [1.82, 2.24) is 0 Å². The van der Waals surface area contributed by atoms with Crippen molar-refractivity contribution in [3.8, 4) is 6.07 Å². The quantitative estimate of drug-likeness (QED) is 0.770. The lowest BCUT2D eigenvalue weighted by Crippen LogP contribution is -2.41. The van der Waals surface area contributed by atoms with Gasteiger partial charge in [0.2, 0.25) is 0 Å². The molecule has 0 N–H and O–H groups in total. The maximum absolute atomic E-state index is 12.8. The van der Waals surface area contributed by atoms with Gasteiger partial charge in [-0.25, -0.2) is 0 Å². The van der Waals surface area contributed by atoms with E-state index in [9.17, 15) is 23.2 Å². The first-order chi connectivity index (χ1) is 11.0. The summed E-state index contributed by atoms with van der Waals surface area (Å²) < 4.78 is 38.5. The molecule has 1 aromatic heterocycles. The van der Waals surface area contributed by atoms with Crippen LogP contribution in [0.4, 0.5) is 18.2 Å². The van der Waals surface area contributed by atoms with Crippen LogP contribution in [0.2, 0.25) is 0 Å². The van der Waals surface area contributed by atoms with Crippen molar-refractivity contribution in [2.24, 2.45) is 11.3 Å². The Bertz CT molecular complexity index is 680. The molecule has 2 rings (SSSR count). The normalized spacial score (nSPS) is 18.0. The fourth-order valence-corrected chi connectivity index (χ4v) is 4.59. The maximum Gasteiger partial charge on any atom is 0.471 e. The highest BCUT2D eigenvalue weighted by Crippen LogP contribution is 2.45. The van der Waals surface area contributed by atoms with Gasteiger partial charge in [-0.05, 0) is 43.1 Å². The third-order valence-corrected chi connectivity index (χ3v) is 5.91. The Balaban J connectivity index is 2.46. The molecule has 1 amide bonds. The minimum atomic E-state index is -4.94. The number of anilines is 1. The first-order valence-electron chi connectivity index (χ1n) is 7.94. The van der Waals surface area contributed by atoms with Gasteiger partial charge < -0.3 is 0 Å². The number of nitriles is 1. The number of hydrogen-bond donors (Lipinski definition) is 0. The molecule has 7 heteroatoms. The minimum absolute atomic E-state index is 0.0981. The van der Waals surface area contributed by atoms with Crippen molar-refractivity contribution in [2.45, 2.75) is 53.1 Å². The fourth-order valence-electron chi connectivity index (χ4n) is 3.15. The molecule has 1 atom stereocenters. The van der Waals surface area contributed by atoms with Gasteiger partial charge in [0, 0.05) is 11.4 Å². The molecule has 1 aliphatic carbocycles. The number of alkyl halides is 3. The molecule has 0 bridgehead atoms. The van der Waals surface area contributed by atoms with Gasteiger partial charge in [0.15, 0.2) is 0 Å². The molecule has 3 nitrogen and oxygen atoms in total. The molecule has 0 saturated heterocycles. The van der Waals surface area contributed by atoms with Crippen molar-refractivity contribution in [1.29, 1.82) is 5.26 Å². The van der Waals surface area contributed by atoms with Gasteiger partial charge >= 0.3 is 12.1 Å². The predicted molar refractivity (Wildman–Crippen MR) is 88.1 cm³/mol. The van der Waals surface area contributed by atoms with Gasteiger partial charge in [-0.3, -0.25) is 9.69 Å². The number of rotatable bonds is 2. The molecule has 0 unspecified atom stereocenters. The van der Waals surface area contributed by atoms with Gasteiger partial charge in [-0.2, -0.15) is 18.4 Å². The van der Waals surface area contributed by atoms with Gasteiger partial charge in [-0.15, -0.1) is 11.3 Å². The Morgan fingerprint density at radius 2 is 2.00 bits per heavy atom. The summed E-state index contributed by atoms with van der Waals surface area (Å²) in [6.45, 7) is 7.81. The topological polar surface area (TPSA) is 44.1 Å². The highest BCUT2D eigenvalue weighted by atomic mass is 32.1. The Labute approximate surface area is 144 Å². The average Bonchev–Trinajstić information content (AvgIpc) is 2.83. The third-order valence-electron chi connectivity index (χ3n) is 4.63. The Morgan fingerprint density at radius 3 is 2.46 bits per heavy atom. The van der Waals surface area contributed by atoms with E-state index in [4.69, 9.17) is 0 Å². The molecular weight excluding hydrogens is 337 g/mol. The first kappa shape index (κ1) is 18.8. The van der Waals surface area contributed by atoms with Crippen LogP contribution in [0.3, 0.4) is 0 Å². The summed E-state index contributed by atoms with van der Waals surface area (Å²) in [6, 6.07) is 2.03. The molecule has 0 saturated carbocycles. The van der Waals surface area contributed by atoms with Crippen LogP contribution in [-0.2, 0) is 17.6 Å². The SMILES string of the molecule is CCN(C(=O)C(F)(F)F)c1sc2c(c1C#N)CC[C@H](C(C)(C)C)C2. The first-order valence-corrected chi connectivity index (χ1v) is 8.75. The van der Waals surface area contributed by atoms with Crippen molar-refractivity contribution < 1.29 is 18.0 Å². The summed E-state index contributed by atoms with van der Waals surface area (Å²) in [6.07, 6.45) is -2.62. The second-order valence-electron chi connectivity index (χ2n) is 7.15. The molecule has 1 heterocycles. The predicted octanol–water partition coefficient (Wildman–Crippen LogP) is 4.69. The van der Waals surface area contributed by atoms with Crippen molar-refractivity contribution in [3.63, 3.8) is 0 Å². The van der Waals surface area contributed by atoms with Crippen LogP contribution < -0.4 is 4.90 Å². The minimum Gasteiger partial charge on any atom is -0.295 e. The smallest absolute Gasteiger partial charge is 0.295 e. The molecule has 0 fully saturated rings. The number of nitrogens with zero attached hydrogens (tertiary/aromatic N) is 2. The Kier molecular flexibility index (Phi) is 5.01. The Morgan fingerprint density at radius 1 is 1.38 bits per heavy atom. The highest BCUT2D eigenvalue weighted by Gasteiger charge is 2.44. The highest BCUT2D eigenvalue weighted by molar-refractivity contribution is 7.16. The van der Waals surface area contributed by atoms with E-state index in [1.54, 1.807) is 0 Å². The average molecular weight is 358 g/mol. The summed E-state index contributed by atoms with van der Waals surface area (Å²) in [5.41, 5.74) is 1.16. The zero-order valence-corrected chi connectivity index (χ0v) is 15.1. The fraction of sp³-hybridized carbons (Fsp3) is 0.647. The molecule has 1 aromatic rings. The molecule has 0 radical (unpaired) electrons.